The number of nitrogens with one attached hydrogen (secondary N) is 1. The summed E-state index contributed by atoms with van der Waals surface area (Å²) in [6, 6.07) is 19.5. The lowest BCUT2D eigenvalue weighted by molar-refractivity contribution is 0.103. The fourth-order valence-corrected chi connectivity index (χ4v) is 3.84. The van der Waals surface area contributed by atoms with Crippen molar-refractivity contribution >= 4 is 45.0 Å². The molecule has 4 rings (SSSR count). The number of halogens is 1. The molecule has 0 fully saturated rings. The highest BCUT2D eigenvalue weighted by Gasteiger charge is 2.21. The van der Waals surface area contributed by atoms with Crippen molar-refractivity contribution in [3.05, 3.63) is 60.2 Å². The number of aliphatic hydroxyl groups excluding tert-OH is 2. The van der Waals surface area contributed by atoms with Gasteiger partial charge in [0.1, 0.15) is 0 Å². The Morgan fingerprint density at radius 1 is 0.929 bits per heavy atom. The monoisotopic (exact) mass is 398 g/mol. The molecule has 5 heteroatoms. The molecule has 0 aliphatic carbocycles. The summed E-state index contributed by atoms with van der Waals surface area (Å²) in [4.78, 5) is 0. The van der Waals surface area contributed by atoms with Crippen LogP contribution in [0, 0.1) is 0 Å². The van der Waals surface area contributed by atoms with Gasteiger partial charge in [0.2, 0.25) is 0 Å². The zero-order valence-corrected chi connectivity index (χ0v) is 17.1. The molecule has 148 valence electrons. The van der Waals surface area contributed by atoms with E-state index in [1.165, 1.54) is 32.6 Å². The van der Waals surface area contributed by atoms with Crippen LogP contribution in [0.15, 0.2) is 54.6 Å². The Morgan fingerprint density at radius 3 is 2.39 bits per heavy atom. The number of hydrogen-bond acceptors (Lipinski definition) is 3. The van der Waals surface area contributed by atoms with Gasteiger partial charge in [0.25, 0.3) is 0 Å². The van der Waals surface area contributed by atoms with Crippen LogP contribution in [0.4, 0.5) is 0 Å². The Hall–Kier alpha value is -2.11. The molecule has 3 aromatic carbocycles. The third-order valence-electron chi connectivity index (χ3n) is 5.55. The first-order chi connectivity index (χ1) is 13.1. The van der Waals surface area contributed by atoms with Crippen LogP contribution in [0.3, 0.4) is 0 Å². The maximum absolute atomic E-state index is 9.49. The second-order valence-electron chi connectivity index (χ2n) is 7.51. The van der Waals surface area contributed by atoms with Gasteiger partial charge in [0.05, 0.1) is 18.8 Å². The summed E-state index contributed by atoms with van der Waals surface area (Å²) >= 11 is 0. The molecule has 0 aliphatic rings. The topological polar surface area (TPSA) is 57.4 Å². The van der Waals surface area contributed by atoms with Crippen molar-refractivity contribution in [3.63, 3.8) is 0 Å². The van der Waals surface area contributed by atoms with E-state index in [9.17, 15) is 10.2 Å². The van der Waals surface area contributed by atoms with Crippen molar-refractivity contribution in [2.75, 3.05) is 13.2 Å². The van der Waals surface area contributed by atoms with Gasteiger partial charge in [-0.2, -0.15) is 0 Å². The van der Waals surface area contributed by atoms with E-state index in [1.807, 2.05) is 6.92 Å². The van der Waals surface area contributed by atoms with Crippen molar-refractivity contribution in [2.45, 2.75) is 32.5 Å². The van der Waals surface area contributed by atoms with Gasteiger partial charge < -0.3 is 20.1 Å². The first-order valence-corrected chi connectivity index (χ1v) is 9.49. The normalized spacial score (nSPS) is 12.0. The molecule has 0 saturated carbocycles. The van der Waals surface area contributed by atoms with Crippen molar-refractivity contribution in [1.82, 2.24) is 9.88 Å². The Labute approximate surface area is 171 Å². The summed E-state index contributed by atoms with van der Waals surface area (Å²) in [6.07, 6.45) is 0. The maximum atomic E-state index is 9.49. The molecule has 0 spiro atoms. The van der Waals surface area contributed by atoms with Gasteiger partial charge in [0.15, 0.2) is 0 Å². The zero-order chi connectivity index (χ0) is 19.0. The fourth-order valence-electron chi connectivity index (χ4n) is 3.84. The molecule has 0 aliphatic heterocycles. The highest BCUT2D eigenvalue weighted by molar-refractivity contribution is 6.20. The molecular weight excluding hydrogens is 372 g/mol. The van der Waals surface area contributed by atoms with Gasteiger partial charge in [-0.25, -0.2) is 0 Å². The number of aryl methyl sites for hydroxylation is 1. The molecule has 0 bridgehead atoms. The molecule has 28 heavy (non-hydrogen) atoms. The molecule has 1 heterocycles. The third-order valence-corrected chi connectivity index (χ3v) is 5.55. The first kappa shape index (κ1) is 20.6. The van der Waals surface area contributed by atoms with Crippen molar-refractivity contribution in [2.24, 2.45) is 0 Å². The van der Waals surface area contributed by atoms with Crippen LogP contribution in [0.5, 0.6) is 0 Å². The average molecular weight is 399 g/mol. The molecule has 0 radical (unpaired) electrons. The lowest BCUT2D eigenvalue weighted by atomic mass is 10.0. The van der Waals surface area contributed by atoms with Crippen molar-refractivity contribution in [1.29, 1.82) is 0 Å². The molecule has 0 unspecified atom stereocenters. The van der Waals surface area contributed by atoms with E-state index in [4.69, 9.17) is 0 Å². The van der Waals surface area contributed by atoms with Crippen LogP contribution < -0.4 is 5.32 Å². The largest absolute Gasteiger partial charge is 0.394 e. The van der Waals surface area contributed by atoms with Gasteiger partial charge in [0, 0.05) is 34.9 Å². The molecule has 0 atom stereocenters. The van der Waals surface area contributed by atoms with Crippen molar-refractivity contribution in [3.8, 4) is 0 Å². The Morgan fingerprint density at radius 2 is 1.68 bits per heavy atom. The van der Waals surface area contributed by atoms with Gasteiger partial charge in [-0.15, -0.1) is 12.4 Å². The van der Waals surface area contributed by atoms with E-state index in [0.29, 0.717) is 6.54 Å². The number of fused-ring (bicyclic) bond motifs is 5. The summed E-state index contributed by atoms with van der Waals surface area (Å²) in [5.41, 5.74) is 2.94. The standard InChI is InChI=1S/C23H26N2O2.ClH/c1-3-25-20-11-9-17-6-4-5-7-18(17)22(20)19-10-8-16(12-21(19)25)13-24-23(2,14-26)15-27;/h4-12,24,26-27H,3,13-15H2,1-2H3;1H. The Balaban J connectivity index is 0.00000225. The maximum Gasteiger partial charge on any atom is 0.0633 e. The molecule has 3 N–H and O–H groups in total. The van der Waals surface area contributed by atoms with Crippen LogP contribution in [0.1, 0.15) is 19.4 Å². The average Bonchev–Trinajstić information content (AvgIpc) is 3.05. The van der Waals surface area contributed by atoms with Crippen LogP contribution in [-0.2, 0) is 13.1 Å². The quantitative estimate of drug-likeness (QED) is 0.455. The summed E-state index contributed by atoms with van der Waals surface area (Å²) in [5, 5.41) is 27.4. The summed E-state index contributed by atoms with van der Waals surface area (Å²) in [6.45, 7) is 5.29. The third kappa shape index (κ3) is 3.38. The van der Waals surface area contributed by atoms with E-state index >= 15 is 0 Å². The molecule has 0 saturated heterocycles. The van der Waals surface area contributed by atoms with Gasteiger partial charge in [-0.05, 0) is 42.3 Å². The predicted molar refractivity (Wildman–Crippen MR) is 119 cm³/mol. The first-order valence-electron chi connectivity index (χ1n) is 9.49. The van der Waals surface area contributed by atoms with Gasteiger partial charge in [-0.1, -0.05) is 42.5 Å². The van der Waals surface area contributed by atoms with Crippen LogP contribution in [-0.4, -0.2) is 33.5 Å². The van der Waals surface area contributed by atoms with Crippen LogP contribution >= 0.6 is 12.4 Å². The lowest BCUT2D eigenvalue weighted by Crippen LogP contribution is -2.48. The SMILES string of the molecule is CCn1c2cc(CNC(C)(CO)CO)ccc2c2c3ccccc3ccc21.Cl. The minimum Gasteiger partial charge on any atom is -0.394 e. The second-order valence-corrected chi connectivity index (χ2v) is 7.51. The van der Waals surface area contributed by atoms with Gasteiger partial charge in [-0.3, -0.25) is 0 Å². The fraction of sp³-hybridized carbons (Fsp3) is 0.304. The molecular formula is C23H27ClN2O2. The van der Waals surface area contributed by atoms with Crippen LogP contribution in [0.25, 0.3) is 32.6 Å². The molecule has 4 aromatic rings. The number of rotatable bonds is 6. The number of hydrogen-bond donors (Lipinski definition) is 3. The minimum atomic E-state index is -0.678. The minimum absolute atomic E-state index is 0. The zero-order valence-electron chi connectivity index (χ0n) is 16.3. The highest BCUT2D eigenvalue weighted by atomic mass is 35.5. The summed E-state index contributed by atoms with van der Waals surface area (Å²) in [5.74, 6) is 0. The van der Waals surface area contributed by atoms with E-state index in [2.05, 4.69) is 71.4 Å². The molecule has 1 aromatic heterocycles. The highest BCUT2D eigenvalue weighted by Crippen LogP contribution is 2.35. The van der Waals surface area contributed by atoms with Crippen molar-refractivity contribution < 1.29 is 10.2 Å². The van der Waals surface area contributed by atoms with E-state index in [1.54, 1.807) is 0 Å². The number of nitrogens with zero attached hydrogens (tertiary/aromatic N) is 1. The second kappa shape index (κ2) is 8.10. The van der Waals surface area contributed by atoms with E-state index in [0.717, 1.165) is 12.1 Å². The van der Waals surface area contributed by atoms with E-state index in [-0.39, 0.29) is 25.6 Å². The summed E-state index contributed by atoms with van der Waals surface area (Å²) < 4.78 is 2.36. The predicted octanol–water partition coefficient (Wildman–Crippen LogP) is 4.22. The number of aromatic nitrogens is 1. The van der Waals surface area contributed by atoms with Crippen LogP contribution in [0.2, 0.25) is 0 Å². The number of aliphatic hydroxyl groups is 2. The molecule has 0 amide bonds. The lowest BCUT2D eigenvalue weighted by Gasteiger charge is -2.26. The Kier molecular flexibility index (Phi) is 5.96. The van der Waals surface area contributed by atoms with E-state index < -0.39 is 5.54 Å². The number of benzene rings is 3. The van der Waals surface area contributed by atoms with Gasteiger partial charge >= 0.3 is 0 Å². The smallest absolute Gasteiger partial charge is 0.0633 e. The molecule has 4 nitrogen and oxygen atoms in total. The summed E-state index contributed by atoms with van der Waals surface area (Å²) in [7, 11) is 0. The Bertz CT molecular complexity index is 1120.